The number of aliphatic hydroxyl groups is 1. The predicted octanol–water partition coefficient (Wildman–Crippen LogP) is 2.07. The van der Waals surface area contributed by atoms with E-state index in [9.17, 15) is 0 Å². The maximum absolute atomic E-state index is 8.45. The minimum atomic E-state index is 0.311. The lowest BCUT2D eigenvalue weighted by molar-refractivity contribution is 0.296. The molecule has 0 saturated carbocycles. The molecule has 0 aliphatic rings. The van der Waals surface area contributed by atoms with Gasteiger partial charge < -0.3 is 5.11 Å². The maximum Gasteiger partial charge on any atom is 0.0438 e. The maximum atomic E-state index is 8.45. The van der Waals surface area contributed by atoms with E-state index in [-0.39, 0.29) is 0 Å². The van der Waals surface area contributed by atoms with Gasteiger partial charge in [0.2, 0.25) is 0 Å². The summed E-state index contributed by atoms with van der Waals surface area (Å²) in [6.07, 6.45) is 1.98. The second-order valence-electron chi connectivity index (χ2n) is 2.23. The van der Waals surface area contributed by atoms with Gasteiger partial charge in [0.25, 0.3) is 0 Å². The highest BCUT2D eigenvalue weighted by Crippen LogP contribution is 2.09. The number of rotatable bonds is 6. The molecule has 0 radical (unpaired) electrons. The molecule has 0 atom stereocenters. The van der Waals surface area contributed by atoms with Crippen LogP contribution in [0, 0.1) is 0 Å². The molecule has 0 rings (SSSR count). The first-order valence-corrected chi connectivity index (χ1v) is 4.82. The molecule has 0 aliphatic carbocycles. The molecule has 0 aromatic heterocycles. The molecule has 10 heavy (non-hydrogen) atoms. The average molecular weight is 160 g/mol. The summed E-state index contributed by atoms with van der Waals surface area (Å²) < 4.78 is 0. The van der Waals surface area contributed by atoms with Crippen molar-refractivity contribution in [2.75, 3.05) is 18.1 Å². The zero-order chi connectivity index (χ0) is 7.82. The first-order chi connectivity index (χ1) is 4.81. The summed E-state index contributed by atoms with van der Waals surface area (Å²) in [5.41, 5.74) is 1.29. The third kappa shape index (κ3) is 6.17. The molecule has 0 bridgehead atoms. The predicted molar refractivity (Wildman–Crippen MR) is 48.5 cm³/mol. The molecule has 0 saturated heterocycles. The second kappa shape index (κ2) is 7.16. The standard InChI is InChI=1S/C8H16OS/c1-3-8(2)7-10-6-4-5-9/h9H,2-7H2,1H3. The molecule has 0 heterocycles. The lowest BCUT2D eigenvalue weighted by Gasteiger charge is -2.00. The van der Waals surface area contributed by atoms with Crippen LogP contribution in [0.2, 0.25) is 0 Å². The van der Waals surface area contributed by atoms with E-state index < -0.39 is 0 Å². The second-order valence-corrected chi connectivity index (χ2v) is 3.34. The fourth-order valence-corrected chi connectivity index (χ4v) is 1.46. The zero-order valence-electron chi connectivity index (χ0n) is 6.60. The van der Waals surface area contributed by atoms with Gasteiger partial charge >= 0.3 is 0 Å². The largest absolute Gasteiger partial charge is 0.396 e. The van der Waals surface area contributed by atoms with Crippen LogP contribution in [-0.4, -0.2) is 23.2 Å². The van der Waals surface area contributed by atoms with E-state index in [1.165, 1.54) is 5.57 Å². The van der Waals surface area contributed by atoms with Gasteiger partial charge in [-0.3, -0.25) is 0 Å². The Bertz CT molecular complexity index is 91.3. The van der Waals surface area contributed by atoms with Crippen LogP contribution in [0.5, 0.6) is 0 Å². The van der Waals surface area contributed by atoms with Gasteiger partial charge in [-0.2, -0.15) is 11.8 Å². The average Bonchev–Trinajstić information content (AvgIpc) is 1.98. The molecule has 0 fully saturated rings. The fraction of sp³-hybridized carbons (Fsp3) is 0.750. The van der Waals surface area contributed by atoms with Crippen LogP contribution in [0.4, 0.5) is 0 Å². The van der Waals surface area contributed by atoms with E-state index >= 15 is 0 Å². The highest BCUT2D eigenvalue weighted by atomic mass is 32.2. The van der Waals surface area contributed by atoms with Crippen molar-refractivity contribution in [1.82, 2.24) is 0 Å². The zero-order valence-corrected chi connectivity index (χ0v) is 7.41. The van der Waals surface area contributed by atoms with Crippen LogP contribution in [0.3, 0.4) is 0 Å². The molecule has 0 amide bonds. The monoisotopic (exact) mass is 160 g/mol. The van der Waals surface area contributed by atoms with Gasteiger partial charge in [-0.05, 0) is 18.6 Å². The quantitative estimate of drug-likeness (QED) is 0.474. The van der Waals surface area contributed by atoms with Crippen molar-refractivity contribution < 1.29 is 5.11 Å². The molecule has 1 N–H and O–H groups in total. The van der Waals surface area contributed by atoms with Crippen molar-refractivity contribution in [2.45, 2.75) is 19.8 Å². The third-order valence-electron chi connectivity index (χ3n) is 1.25. The molecule has 0 aromatic rings. The molecule has 0 aromatic carbocycles. The van der Waals surface area contributed by atoms with Gasteiger partial charge in [-0.25, -0.2) is 0 Å². The lowest BCUT2D eigenvalue weighted by atomic mass is 10.3. The Hall–Kier alpha value is 0.0500. The Kier molecular flexibility index (Phi) is 7.20. The van der Waals surface area contributed by atoms with Crippen LogP contribution >= 0.6 is 11.8 Å². The van der Waals surface area contributed by atoms with Crippen molar-refractivity contribution >= 4 is 11.8 Å². The van der Waals surface area contributed by atoms with E-state index in [0.717, 1.165) is 24.3 Å². The summed E-state index contributed by atoms with van der Waals surface area (Å²) in [5, 5.41) is 8.45. The minimum Gasteiger partial charge on any atom is -0.396 e. The fourth-order valence-electron chi connectivity index (χ4n) is 0.485. The first-order valence-electron chi connectivity index (χ1n) is 3.66. The van der Waals surface area contributed by atoms with Gasteiger partial charge in [0.15, 0.2) is 0 Å². The molecule has 60 valence electrons. The van der Waals surface area contributed by atoms with E-state index in [2.05, 4.69) is 13.5 Å². The summed E-state index contributed by atoms with van der Waals surface area (Å²) in [7, 11) is 0. The number of aliphatic hydroxyl groups excluding tert-OH is 1. The Morgan fingerprint density at radius 3 is 2.80 bits per heavy atom. The van der Waals surface area contributed by atoms with Crippen molar-refractivity contribution in [3.8, 4) is 0 Å². The number of hydrogen-bond donors (Lipinski definition) is 1. The summed E-state index contributed by atoms with van der Waals surface area (Å²) in [4.78, 5) is 0. The van der Waals surface area contributed by atoms with Gasteiger partial charge in [0, 0.05) is 12.4 Å². The summed E-state index contributed by atoms with van der Waals surface area (Å²) >= 11 is 1.85. The molecular formula is C8H16OS. The van der Waals surface area contributed by atoms with E-state index in [1.807, 2.05) is 11.8 Å². The van der Waals surface area contributed by atoms with Gasteiger partial charge in [-0.15, -0.1) is 0 Å². The molecule has 0 spiro atoms. The SMILES string of the molecule is C=C(CC)CSCCCO. The third-order valence-corrected chi connectivity index (χ3v) is 2.44. The van der Waals surface area contributed by atoms with Crippen LogP contribution < -0.4 is 0 Å². The van der Waals surface area contributed by atoms with Gasteiger partial charge in [0.1, 0.15) is 0 Å². The summed E-state index contributed by atoms with van der Waals surface area (Å²) in [6.45, 7) is 6.32. The molecule has 1 nitrogen and oxygen atoms in total. The van der Waals surface area contributed by atoms with Crippen LogP contribution in [0.1, 0.15) is 19.8 Å². The molecule has 0 aliphatic heterocycles. The van der Waals surface area contributed by atoms with E-state index in [1.54, 1.807) is 0 Å². The van der Waals surface area contributed by atoms with Crippen molar-refractivity contribution in [3.05, 3.63) is 12.2 Å². The van der Waals surface area contributed by atoms with E-state index in [0.29, 0.717) is 6.61 Å². The van der Waals surface area contributed by atoms with Crippen molar-refractivity contribution in [1.29, 1.82) is 0 Å². The van der Waals surface area contributed by atoms with Crippen LogP contribution in [-0.2, 0) is 0 Å². The van der Waals surface area contributed by atoms with Crippen molar-refractivity contribution in [2.24, 2.45) is 0 Å². The van der Waals surface area contributed by atoms with Crippen molar-refractivity contribution in [3.63, 3.8) is 0 Å². The minimum absolute atomic E-state index is 0.311. The first kappa shape index (κ1) is 10.0. The Morgan fingerprint density at radius 2 is 2.30 bits per heavy atom. The van der Waals surface area contributed by atoms with E-state index in [4.69, 9.17) is 5.11 Å². The molecular weight excluding hydrogens is 144 g/mol. The number of thioether (sulfide) groups is 1. The summed E-state index contributed by atoms with van der Waals surface area (Å²) in [6, 6.07) is 0. The summed E-state index contributed by atoms with van der Waals surface area (Å²) in [5.74, 6) is 2.10. The normalized spacial score (nSPS) is 9.80. The highest BCUT2D eigenvalue weighted by molar-refractivity contribution is 7.99. The topological polar surface area (TPSA) is 20.2 Å². The Morgan fingerprint density at radius 1 is 1.60 bits per heavy atom. The smallest absolute Gasteiger partial charge is 0.0438 e. The van der Waals surface area contributed by atoms with Crippen LogP contribution in [0.15, 0.2) is 12.2 Å². The highest BCUT2D eigenvalue weighted by Gasteiger charge is 1.90. The Balaban J connectivity index is 2.96. The van der Waals surface area contributed by atoms with Gasteiger partial charge in [0.05, 0.1) is 0 Å². The Labute approximate surface area is 67.5 Å². The molecule has 2 heteroatoms. The lowest BCUT2D eigenvalue weighted by Crippen LogP contribution is -1.89. The number of hydrogen-bond acceptors (Lipinski definition) is 2. The van der Waals surface area contributed by atoms with Gasteiger partial charge in [-0.1, -0.05) is 19.1 Å². The van der Waals surface area contributed by atoms with Crippen LogP contribution in [0.25, 0.3) is 0 Å². The molecule has 0 unspecified atom stereocenters.